The molecule has 138 valence electrons. The Kier molecular flexibility index (Phi) is 4.61. The molecule has 3 heterocycles. The number of ether oxygens (including phenoxy) is 1. The van der Waals surface area contributed by atoms with E-state index in [0.29, 0.717) is 18.7 Å². The highest BCUT2D eigenvalue weighted by Crippen LogP contribution is 2.35. The smallest absolute Gasteiger partial charge is 0.355 e. The number of allylic oxidation sites excluding steroid dienone is 2. The second-order valence-electron chi connectivity index (χ2n) is 6.86. The van der Waals surface area contributed by atoms with Gasteiger partial charge in [0.2, 0.25) is 5.69 Å². The van der Waals surface area contributed by atoms with Crippen LogP contribution in [0.15, 0.2) is 11.6 Å². The zero-order valence-electron chi connectivity index (χ0n) is 15.9. The zero-order valence-corrected chi connectivity index (χ0v) is 15.9. The number of esters is 1. The van der Waals surface area contributed by atoms with Crippen LogP contribution in [0.4, 0.5) is 0 Å². The molecule has 0 amide bonds. The molecule has 1 atom stereocenters. The molecule has 0 saturated heterocycles. The van der Waals surface area contributed by atoms with Crippen LogP contribution in [0, 0.1) is 6.92 Å². The monoisotopic (exact) mass is 357 g/mol. The number of hydrogen-bond donors (Lipinski definition) is 2. The van der Waals surface area contributed by atoms with Gasteiger partial charge >= 0.3 is 11.9 Å². The molecule has 1 aliphatic rings. The van der Waals surface area contributed by atoms with E-state index in [-0.39, 0.29) is 18.4 Å². The third-order valence-corrected chi connectivity index (χ3v) is 5.44. The van der Waals surface area contributed by atoms with Crippen LogP contribution >= 0.6 is 0 Å². The Morgan fingerprint density at radius 2 is 2.00 bits per heavy atom. The highest BCUT2D eigenvalue weighted by atomic mass is 16.5. The predicted octanol–water partition coefficient (Wildman–Crippen LogP) is 3.33. The van der Waals surface area contributed by atoms with Gasteiger partial charge in [-0.3, -0.25) is 4.79 Å². The molecule has 0 bridgehead atoms. The van der Waals surface area contributed by atoms with Crippen LogP contribution in [0.25, 0.3) is 16.5 Å². The van der Waals surface area contributed by atoms with Crippen LogP contribution in [-0.2, 0) is 16.0 Å². The van der Waals surface area contributed by atoms with Gasteiger partial charge in [-0.15, -0.1) is 0 Å². The minimum absolute atomic E-state index is 0.0444. The van der Waals surface area contributed by atoms with E-state index in [2.05, 4.69) is 36.4 Å². The molecule has 0 unspecified atom stereocenters. The number of carbonyl (C=O) groups excluding carboxylic acids is 1. The van der Waals surface area contributed by atoms with E-state index >= 15 is 0 Å². The summed E-state index contributed by atoms with van der Waals surface area (Å²) in [4.78, 5) is 26.7. The number of aliphatic carboxylic acids is 1. The van der Waals surface area contributed by atoms with Gasteiger partial charge in [-0.05, 0) is 33.3 Å². The molecule has 0 saturated carbocycles. The third kappa shape index (κ3) is 2.69. The molecule has 0 aliphatic carbocycles. The van der Waals surface area contributed by atoms with Gasteiger partial charge < -0.3 is 14.8 Å². The summed E-state index contributed by atoms with van der Waals surface area (Å²) in [5, 5.41) is 10.1. The van der Waals surface area contributed by atoms with Crippen LogP contribution in [0.5, 0.6) is 0 Å². The number of nitrogens with one attached hydrogen (secondary N) is 1. The van der Waals surface area contributed by atoms with E-state index in [1.807, 2.05) is 6.92 Å². The van der Waals surface area contributed by atoms with Crippen molar-refractivity contribution in [1.82, 2.24) is 4.98 Å². The fraction of sp³-hybridized carbons (Fsp3) is 0.450. The van der Waals surface area contributed by atoms with E-state index in [0.717, 1.165) is 27.9 Å². The number of carboxylic acids is 1. The van der Waals surface area contributed by atoms with Gasteiger partial charge in [0.1, 0.15) is 5.69 Å². The number of pyridine rings is 1. The maximum Gasteiger partial charge on any atom is 0.355 e. The Morgan fingerprint density at radius 1 is 1.31 bits per heavy atom. The van der Waals surface area contributed by atoms with Crippen LogP contribution < -0.4 is 4.57 Å². The maximum atomic E-state index is 12.3. The average molecular weight is 357 g/mol. The molecule has 1 aliphatic heterocycles. The molecule has 0 fully saturated rings. The van der Waals surface area contributed by atoms with Crippen molar-refractivity contribution in [2.24, 2.45) is 0 Å². The van der Waals surface area contributed by atoms with Gasteiger partial charge in [0.25, 0.3) is 0 Å². The molecule has 0 spiro atoms. The second-order valence-corrected chi connectivity index (χ2v) is 6.86. The van der Waals surface area contributed by atoms with E-state index in [1.165, 1.54) is 11.1 Å². The molecule has 0 aromatic carbocycles. The molecule has 26 heavy (non-hydrogen) atoms. The summed E-state index contributed by atoms with van der Waals surface area (Å²) in [6, 6.07) is 2.22. The first-order chi connectivity index (χ1) is 12.3. The van der Waals surface area contributed by atoms with Crippen LogP contribution in [0.3, 0.4) is 0 Å². The van der Waals surface area contributed by atoms with Crippen molar-refractivity contribution in [3.63, 3.8) is 0 Å². The van der Waals surface area contributed by atoms with E-state index in [9.17, 15) is 14.7 Å². The Balaban J connectivity index is 2.28. The fourth-order valence-corrected chi connectivity index (χ4v) is 3.89. The number of aryl methyl sites for hydroxylation is 2. The summed E-state index contributed by atoms with van der Waals surface area (Å²) < 4.78 is 7.37. The van der Waals surface area contributed by atoms with Gasteiger partial charge in [-0.25, -0.2) is 4.79 Å². The van der Waals surface area contributed by atoms with Gasteiger partial charge in [0.05, 0.1) is 23.9 Å². The minimum Gasteiger partial charge on any atom is -0.481 e. The van der Waals surface area contributed by atoms with E-state index in [4.69, 9.17) is 4.74 Å². The van der Waals surface area contributed by atoms with Crippen molar-refractivity contribution in [1.29, 1.82) is 0 Å². The summed E-state index contributed by atoms with van der Waals surface area (Å²) in [7, 11) is 0. The number of carboxylic acid groups (broad SMARTS) is 1. The zero-order chi connectivity index (χ0) is 19.2. The largest absolute Gasteiger partial charge is 0.481 e. The summed E-state index contributed by atoms with van der Waals surface area (Å²) in [5.74, 6) is -1.21. The first-order valence-corrected chi connectivity index (χ1v) is 8.94. The minimum atomic E-state index is -0.831. The number of rotatable bonds is 5. The van der Waals surface area contributed by atoms with Crippen molar-refractivity contribution in [3.05, 3.63) is 34.3 Å². The molecule has 0 radical (unpaired) electrons. The van der Waals surface area contributed by atoms with Crippen molar-refractivity contribution in [3.8, 4) is 0 Å². The van der Waals surface area contributed by atoms with Gasteiger partial charge in [-0.1, -0.05) is 0 Å². The SMILES string of the molecule is CCOC(=O)c1[nH]c2cc3[n+](c(CCC(=O)O)c2c1C)[C@@H](C)C(C)=C3C. The number of fused-ring (bicyclic) bond motifs is 2. The van der Waals surface area contributed by atoms with Crippen LogP contribution in [0.2, 0.25) is 0 Å². The predicted molar refractivity (Wildman–Crippen MR) is 98.1 cm³/mol. The van der Waals surface area contributed by atoms with Crippen molar-refractivity contribution < 1.29 is 24.0 Å². The van der Waals surface area contributed by atoms with Crippen LogP contribution in [0.1, 0.15) is 67.6 Å². The number of carbonyl (C=O) groups is 2. The number of hydrogen-bond acceptors (Lipinski definition) is 3. The quantitative estimate of drug-likeness (QED) is 0.635. The van der Waals surface area contributed by atoms with E-state index < -0.39 is 5.97 Å². The fourth-order valence-electron chi connectivity index (χ4n) is 3.89. The molecule has 6 nitrogen and oxygen atoms in total. The summed E-state index contributed by atoms with van der Waals surface area (Å²) in [5.41, 5.74) is 6.58. The Labute approximate surface area is 152 Å². The summed E-state index contributed by atoms with van der Waals surface area (Å²) in [6.45, 7) is 10.3. The Morgan fingerprint density at radius 3 is 2.62 bits per heavy atom. The lowest BCUT2D eigenvalue weighted by Gasteiger charge is -2.10. The third-order valence-electron chi connectivity index (χ3n) is 5.44. The number of H-pyrrole nitrogens is 1. The first kappa shape index (κ1) is 18.2. The first-order valence-electron chi connectivity index (χ1n) is 8.94. The van der Waals surface area contributed by atoms with Gasteiger partial charge in [0.15, 0.2) is 11.7 Å². The Bertz CT molecular complexity index is 953. The van der Waals surface area contributed by atoms with Crippen LogP contribution in [-0.4, -0.2) is 28.6 Å². The molecule has 2 aromatic rings. The number of nitrogens with zero attached hydrogens (tertiary/aromatic N) is 1. The van der Waals surface area contributed by atoms with Crippen molar-refractivity contribution in [2.45, 2.75) is 53.5 Å². The molecule has 6 heteroatoms. The van der Waals surface area contributed by atoms with Crippen molar-refractivity contribution in [2.75, 3.05) is 6.61 Å². The normalized spacial score (nSPS) is 16.3. The highest BCUT2D eigenvalue weighted by molar-refractivity contribution is 5.99. The lowest BCUT2D eigenvalue weighted by atomic mass is 10.0. The van der Waals surface area contributed by atoms with E-state index in [1.54, 1.807) is 6.92 Å². The molecular formula is C20H25N2O4+. The maximum absolute atomic E-state index is 12.3. The molecule has 2 aromatic heterocycles. The summed E-state index contributed by atoms with van der Waals surface area (Å²) in [6.07, 6.45) is 0.453. The highest BCUT2D eigenvalue weighted by Gasteiger charge is 2.37. The lowest BCUT2D eigenvalue weighted by Crippen LogP contribution is -2.43. The lowest BCUT2D eigenvalue weighted by molar-refractivity contribution is -0.713. The van der Waals surface area contributed by atoms with Gasteiger partial charge in [0, 0.05) is 30.6 Å². The average Bonchev–Trinajstić information content (AvgIpc) is 3.03. The number of aromatic amines is 1. The van der Waals surface area contributed by atoms with Gasteiger partial charge in [-0.2, -0.15) is 4.57 Å². The standard InChI is InChI=1S/C20H24N2O4/c1-6-26-20(25)19-12(4)18-14(21-19)9-16-11(3)10(2)13(5)22(16)15(18)7-8-17(23)24/h9,13H,6-8H2,1-5H3,(H,23,24)/p+1/t13-/m0/s1. The Hall–Kier alpha value is -2.63. The summed E-state index contributed by atoms with van der Waals surface area (Å²) >= 11 is 0. The molecular weight excluding hydrogens is 332 g/mol. The molecule has 3 rings (SSSR count). The second kappa shape index (κ2) is 6.59. The topological polar surface area (TPSA) is 83.3 Å². The van der Waals surface area contributed by atoms with Crippen molar-refractivity contribution >= 4 is 28.4 Å². The molecule has 2 N–H and O–H groups in total. The number of aromatic nitrogens is 2.